The summed E-state index contributed by atoms with van der Waals surface area (Å²) in [5.74, 6) is -0.0467. The molecule has 10 heteroatoms. The van der Waals surface area contributed by atoms with Crippen molar-refractivity contribution >= 4 is 57.7 Å². The third-order valence-electron chi connectivity index (χ3n) is 3.99. The van der Waals surface area contributed by atoms with Gasteiger partial charge in [-0.15, -0.1) is 5.10 Å². The Morgan fingerprint density at radius 3 is 2.69 bits per heavy atom. The fraction of sp³-hybridized carbons (Fsp3) is 0.105. The lowest BCUT2D eigenvalue weighted by Gasteiger charge is -2.06. The first-order valence-electron chi connectivity index (χ1n) is 8.56. The molecule has 2 aromatic carbocycles. The fourth-order valence-corrected chi connectivity index (χ4v) is 3.67. The van der Waals surface area contributed by atoms with Crippen LogP contribution in [0.5, 0.6) is 0 Å². The van der Waals surface area contributed by atoms with E-state index in [9.17, 15) is 4.79 Å². The van der Waals surface area contributed by atoms with Crippen molar-refractivity contribution in [3.8, 4) is 0 Å². The Kier molecular flexibility index (Phi) is 5.94. The van der Waals surface area contributed by atoms with Crippen LogP contribution in [-0.4, -0.2) is 36.6 Å². The highest BCUT2D eigenvalue weighted by molar-refractivity contribution is 8.00. The van der Waals surface area contributed by atoms with Gasteiger partial charge >= 0.3 is 0 Å². The van der Waals surface area contributed by atoms with Gasteiger partial charge in [0.2, 0.25) is 5.91 Å². The Morgan fingerprint density at radius 1 is 1.07 bits per heavy atom. The first kappa shape index (κ1) is 19.6. The number of hydrogen-bond donors (Lipinski definition) is 1. The maximum atomic E-state index is 12.3. The molecule has 0 bridgehead atoms. The summed E-state index contributed by atoms with van der Waals surface area (Å²) in [6, 6.07) is 14.8. The van der Waals surface area contributed by atoms with Crippen LogP contribution >= 0.6 is 35.0 Å². The van der Waals surface area contributed by atoms with Crippen molar-refractivity contribution in [1.82, 2.24) is 25.0 Å². The minimum absolute atomic E-state index is 0.151. The van der Waals surface area contributed by atoms with E-state index in [-0.39, 0.29) is 11.7 Å². The average Bonchev–Trinajstić information content (AvgIpc) is 3.13. The second-order valence-corrected chi connectivity index (χ2v) is 7.83. The number of anilines is 1. The molecular weight excluding hydrogens is 431 g/mol. The van der Waals surface area contributed by atoms with Gasteiger partial charge in [-0.25, -0.2) is 14.6 Å². The predicted octanol–water partition coefficient (Wildman–Crippen LogP) is 4.31. The van der Waals surface area contributed by atoms with Crippen molar-refractivity contribution in [3.05, 3.63) is 70.5 Å². The molecule has 1 amide bonds. The molecule has 0 aliphatic carbocycles. The number of rotatable bonds is 6. The summed E-state index contributed by atoms with van der Waals surface area (Å²) in [5.41, 5.74) is 2.85. The van der Waals surface area contributed by atoms with E-state index in [2.05, 4.69) is 25.6 Å². The topological polar surface area (TPSA) is 85.6 Å². The molecule has 4 aromatic rings. The SMILES string of the molecule is O=C(CSc1ncnc2c1nnn2Cc1ccccc1)Nc1ccc(Cl)c(Cl)c1. The van der Waals surface area contributed by atoms with Gasteiger partial charge in [0, 0.05) is 5.69 Å². The van der Waals surface area contributed by atoms with Crippen LogP contribution in [0.3, 0.4) is 0 Å². The van der Waals surface area contributed by atoms with Crippen molar-refractivity contribution in [1.29, 1.82) is 0 Å². The van der Waals surface area contributed by atoms with Crippen LogP contribution in [0.4, 0.5) is 5.69 Å². The zero-order chi connectivity index (χ0) is 20.2. The number of amides is 1. The van der Waals surface area contributed by atoms with Crippen molar-refractivity contribution in [2.45, 2.75) is 11.6 Å². The Hall–Kier alpha value is -2.68. The number of halogens is 2. The van der Waals surface area contributed by atoms with Crippen LogP contribution in [0, 0.1) is 0 Å². The summed E-state index contributed by atoms with van der Waals surface area (Å²) in [7, 11) is 0. The molecule has 0 spiro atoms. The molecule has 7 nitrogen and oxygen atoms in total. The molecule has 146 valence electrons. The van der Waals surface area contributed by atoms with Gasteiger partial charge in [0.1, 0.15) is 11.4 Å². The van der Waals surface area contributed by atoms with Gasteiger partial charge in [-0.3, -0.25) is 4.79 Å². The molecular formula is C19H14Cl2N6OS. The molecule has 1 N–H and O–H groups in total. The summed E-state index contributed by atoms with van der Waals surface area (Å²) in [4.78, 5) is 20.8. The van der Waals surface area contributed by atoms with E-state index >= 15 is 0 Å². The van der Waals surface area contributed by atoms with Crippen molar-refractivity contribution in [3.63, 3.8) is 0 Å². The van der Waals surface area contributed by atoms with Gasteiger partial charge in [-0.05, 0) is 23.8 Å². The molecule has 0 saturated carbocycles. The van der Waals surface area contributed by atoms with E-state index in [1.165, 1.54) is 18.1 Å². The fourth-order valence-electron chi connectivity index (χ4n) is 2.64. The van der Waals surface area contributed by atoms with Crippen molar-refractivity contribution in [2.24, 2.45) is 0 Å². The zero-order valence-corrected chi connectivity index (χ0v) is 17.2. The minimum atomic E-state index is -0.197. The highest BCUT2D eigenvalue weighted by atomic mass is 35.5. The Morgan fingerprint density at radius 2 is 1.90 bits per heavy atom. The first-order chi connectivity index (χ1) is 14.1. The molecule has 0 unspecified atom stereocenters. The van der Waals surface area contributed by atoms with Gasteiger partial charge < -0.3 is 5.32 Å². The lowest BCUT2D eigenvalue weighted by molar-refractivity contribution is -0.113. The summed E-state index contributed by atoms with van der Waals surface area (Å²) in [6.07, 6.45) is 1.45. The molecule has 29 heavy (non-hydrogen) atoms. The summed E-state index contributed by atoms with van der Waals surface area (Å²) >= 11 is 13.1. The lowest BCUT2D eigenvalue weighted by Crippen LogP contribution is -2.14. The first-order valence-corrected chi connectivity index (χ1v) is 10.3. The van der Waals surface area contributed by atoms with E-state index in [1.807, 2.05) is 30.3 Å². The Balaban J connectivity index is 1.45. The molecule has 0 saturated heterocycles. The molecule has 0 atom stereocenters. The number of carbonyl (C=O) groups is 1. The molecule has 0 aliphatic rings. The predicted molar refractivity (Wildman–Crippen MR) is 114 cm³/mol. The van der Waals surface area contributed by atoms with Gasteiger partial charge in [0.25, 0.3) is 0 Å². The third-order valence-corrected chi connectivity index (χ3v) is 5.70. The third kappa shape index (κ3) is 4.67. The maximum absolute atomic E-state index is 12.3. The van der Waals surface area contributed by atoms with Crippen LogP contribution in [0.2, 0.25) is 10.0 Å². The monoisotopic (exact) mass is 444 g/mol. The normalized spacial score (nSPS) is 11.0. The van der Waals surface area contributed by atoms with E-state index in [0.29, 0.717) is 38.5 Å². The number of thioether (sulfide) groups is 1. The lowest BCUT2D eigenvalue weighted by atomic mass is 10.2. The quantitative estimate of drug-likeness (QED) is 0.352. The van der Waals surface area contributed by atoms with Crippen LogP contribution in [0.15, 0.2) is 59.9 Å². The number of hydrogen-bond acceptors (Lipinski definition) is 6. The van der Waals surface area contributed by atoms with Gasteiger partial charge in [-0.1, -0.05) is 70.5 Å². The van der Waals surface area contributed by atoms with E-state index in [4.69, 9.17) is 23.2 Å². The largest absolute Gasteiger partial charge is 0.325 e. The zero-order valence-electron chi connectivity index (χ0n) is 14.9. The number of fused-ring (bicyclic) bond motifs is 1. The van der Waals surface area contributed by atoms with Gasteiger partial charge in [0.15, 0.2) is 11.2 Å². The van der Waals surface area contributed by atoms with Gasteiger partial charge in [-0.2, -0.15) is 0 Å². The highest BCUT2D eigenvalue weighted by Gasteiger charge is 2.14. The Bertz CT molecular complexity index is 1170. The molecule has 4 rings (SSSR count). The number of benzene rings is 2. The minimum Gasteiger partial charge on any atom is -0.325 e. The number of carbonyl (C=O) groups excluding carboxylic acids is 1. The van der Waals surface area contributed by atoms with E-state index < -0.39 is 0 Å². The van der Waals surface area contributed by atoms with Gasteiger partial charge in [0.05, 0.1) is 22.3 Å². The second-order valence-electron chi connectivity index (χ2n) is 6.05. The Labute approximate surface area is 180 Å². The number of nitrogens with zero attached hydrogens (tertiary/aromatic N) is 5. The van der Waals surface area contributed by atoms with E-state index in [0.717, 1.165) is 5.56 Å². The average molecular weight is 445 g/mol. The summed E-state index contributed by atoms with van der Waals surface area (Å²) in [6.45, 7) is 0.552. The standard InChI is InChI=1S/C19H14Cl2N6OS/c20-14-7-6-13(8-15(14)21)24-16(28)10-29-19-17-18(22-11-23-19)27(26-25-17)9-12-4-2-1-3-5-12/h1-8,11H,9-10H2,(H,24,28). The number of aromatic nitrogens is 5. The molecule has 0 aliphatic heterocycles. The number of nitrogens with one attached hydrogen (secondary N) is 1. The smallest absolute Gasteiger partial charge is 0.234 e. The highest BCUT2D eigenvalue weighted by Crippen LogP contribution is 2.26. The summed E-state index contributed by atoms with van der Waals surface area (Å²) in [5, 5.41) is 12.6. The van der Waals surface area contributed by atoms with Crippen LogP contribution < -0.4 is 5.32 Å². The van der Waals surface area contributed by atoms with Crippen LogP contribution in [-0.2, 0) is 11.3 Å². The van der Waals surface area contributed by atoms with Crippen LogP contribution in [0.1, 0.15) is 5.56 Å². The van der Waals surface area contributed by atoms with Crippen LogP contribution in [0.25, 0.3) is 11.2 Å². The van der Waals surface area contributed by atoms with Crippen molar-refractivity contribution < 1.29 is 4.79 Å². The van der Waals surface area contributed by atoms with Crippen molar-refractivity contribution in [2.75, 3.05) is 11.1 Å². The second kappa shape index (κ2) is 8.77. The molecule has 0 fully saturated rings. The summed E-state index contributed by atoms with van der Waals surface area (Å²) < 4.78 is 1.71. The maximum Gasteiger partial charge on any atom is 0.234 e. The molecule has 2 aromatic heterocycles. The molecule has 0 radical (unpaired) electrons. The molecule has 2 heterocycles. The van der Waals surface area contributed by atoms with E-state index in [1.54, 1.807) is 22.9 Å².